The number of nitrogens with one attached hydrogen (secondary N) is 1. The maximum absolute atomic E-state index is 9.88. The van der Waals surface area contributed by atoms with Gasteiger partial charge in [0.1, 0.15) is 5.75 Å². The Kier molecular flexibility index (Phi) is 5.53. The molecular weight excluding hydrogens is 284 g/mol. The van der Waals surface area contributed by atoms with Crippen LogP contribution in [-0.2, 0) is 6.54 Å². The molecule has 1 aliphatic rings. The minimum Gasteiger partial charge on any atom is -0.508 e. The summed E-state index contributed by atoms with van der Waals surface area (Å²) in [6.45, 7) is 3.94. The highest BCUT2D eigenvalue weighted by atomic mass is 35.5. The van der Waals surface area contributed by atoms with Crippen LogP contribution in [-0.4, -0.2) is 36.2 Å². The maximum atomic E-state index is 9.88. The molecule has 21 heavy (non-hydrogen) atoms. The van der Waals surface area contributed by atoms with Crippen LogP contribution in [0.25, 0.3) is 0 Å². The SMILES string of the molecule is CC1CCCC(CNCc2cc(Cl)ccc2O)(N(C)C)C1. The van der Waals surface area contributed by atoms with Gasteiger partial charge in [-0.2, -0.15) is 0 Å². The van der Waals surface area contributed by atoms with E-state index in [1.54, 1.807) is 12.1 Å². The predicted molar refractivity (Wildman–Crippen MR) is 88.9 cm³/mol. The van der Waals surface area contributed by atoms with Crippen LogP contribution in [0.15, 0.2) is 18.2 Å². The number of hydrogen-bond donors (Lipinski definition) is 2. The Bertz CT molecular complexity index is 478. The lowest BCUT2D eigenvalue weighted by atomic mass is 9.75. The molecule has 2 unspecified atom stereocenters. The largest absolute Gasteiger partial charge is 0.508 e. The van der Waals surface area contributed by atoms with Crippen molar-refractivity contribution < 1.29 is 5.11 Å². The fourth-order valence-electron chi connectivity index (χ4n) is 3.48. The van der Waals surface area contributed by atoms with Crippen molar-refractivity contribution in [2.75, 3.05) is 20.6 Å². The highest BCUT2D eigenvalue weighted by molar-refractivity contribution is 6.30. The first-order valence-electron chi connectivity index (χ1n) is 7.78. The van der Waals surface area contributed by atoms with Gasteiger partial charge in [0.25, 0.3) is 0 Å². The monoisotopic (exact) mass is 310 g/mol. The van der Waals surface area contributed by atoms with Gasteiger partial charge in [0, 0.05) is 29.2 Å². The maximum Gasteiger partial charge on any atom is 0.120 e. The molecule has 1 fully saturated rings. The van der Waals surface area contributed by atoms with Gasteiger partial charge >= 0.3 is 0 Å². The minimum absolute atomic E-state index is 0.228. The Morgan fingerprint density at radius 2 is 2.19 bits per heavy atom. The predicted octanol–water partition coefficient (Wildman–Crippen LogP) is 3.65. The van der Waals surface area contributed by atoms with E-state index in [2.05, 4.69) is 31.2 Å². The minimum atomic E-state index is 0.228. The van der Waals surface area contributed by atoms with E-state index in [0.717, 1.165) is 18.0 Å². The number of phenols is 1. The third kappa shape index (κ3) is 4.12. The summed E-state index contributed by atoms with van der Waals surface area (Å²) in [7, 11) is 4.35. The molecule has 1 saturated carbocycles. The number of aromatic hydroxyl groups is 1. The second-order valence-electron chi connectivity index (χ2n) is 6.70. The van der Waals surface area contributed by atoms with Gasteiger partial charge in [-0.15, -0.1) is 0 Å². The molecule has 0 bridgehead atoms. The summed E-state index contributed by atoms with van der Waals surface area (Å²) >= 11 is 5.99. The van der Waals surface area contributed by atoms with E-state index >= 15 is 0 Å². The van der Waals surface area contributed by atoms with E-state index in [1.807, 2.05) is 6.07 Å². The van der Waals surface area contributed by atoms with Crippen molar-refractivity contribution in [2.45, 2.75) is 44.7 Å². The molecule has 0 aromatic heterocycles. The molecule has 4 heteroatoms. The molecule has 2 atom stereocenters. The number of benzene rings is 1. The summed E-state index contributed by atoms with van der Waals surface area (Å²) in [6, 6.07) is 5.20. The smallest absolute Gasteiger partial charge is 0.120 e. The van der Waals surface area contributed by atoms with Gasteiger partial charge in [-0.3, -0.25) is 0 Å². The second-order valence-corrected chi connectivity index (χ2v) is 7.13. The van der Waals surface area contributed by atoms with Crippen molar-refractivity contribution in [2.24, 2.45) is 5.92 Å². The third-order valence-corrected chi connectivity index (χ3v) is 5.06. The molecule has 0 spiro atoms. The number of rotatable bonds is 5. The van der Waals surface area contributed by atoms with Gasteiger partial charge in [-0.1, -0.05) is 31.4 Å². The zero-order valence-electron chi connectivity index (χ0n) is 13.3. The second kappa shape index (κ2) is 6.99. The molecule has 118 valence electrons. The molecule has 2 N–H and O–H groups in total. The Hall–Kier alpha value is -0.770. The molecule has 1 aromatic rings. The van der Waals surface area contributed by atoms with Crippen LogP contribution >= 0.6 is 11.6 Å². The fourth-order valence-corrected chi connectivity index (χ4v) is 3.68. The first kappa shape index (κ1) is 16.6. The molecule has 1 aliphatic carbocycles. The molecule has 3 nitrogen and oxygen atoms in total. The highest BCUT2D eigenvalue weighted by Gasteiger charge is 2.36. The van der Waals surface area contributed by atoms with Crippen LogP contribution in [0.5, 0.6) is 5.75 Å². The molecule has 0 amide bonds. The van der Waals surface area contributed by atoms with Crippen molar-refractivity contribution in [3.63, 3.8) is 0 Å². The van der Waals surface area contributed by atoms with E-state index in [1.165, 1.54) is 25.7 Å². The Morgan fingerprint density at radius 1 is 1.43 bits per heavy atom. The molecule has 1 aromatic carbocycles. The van der Waals surface area contributed by atoms with E-state index in [0.29, 0.717) is 17.3 Å². The van der Waals surface area contributed by atoms with Crippen molar-refractivity contribution in [1.82, 2.24) is 10.2 Å². The summed E-state index contributed by atoms with van der Waals surface area (Å²) in [5.74, 6) is 1.09. The van der Waals surface area contributed by atoms with E-state index in [-0.39, 0.29) is 5.54 Å². The molecule has 0 radical (unpaired) electrons. The zero-order chi connectivity index (χ0) is 15.5. The summed E-state index contributed by atoms with van der Waals surface area (Å²) in [6.07, 6.45) is 5.10. The lowest BCUT2D eigenvalue weighted by Crippen LogP contribution is -2.54. The fraction of sp³-hybridized carbons (Fsp3) is 0.647. The van der Waals surface area contributed by atoms with Crippen molar-refractivity contribution in [1.29, 1.82) is 0 Å². The number of likely N-dealkylation sites (N-methyl/N-ethyl adjacent to an activating group) is 1. The van der Waals surface area contributed by atoms with Crippen molar-refractivity contribution >= 4 is 11.6 Å². The van der Waals surface area contributed by atoms with Gasteiger partial charge < -0.3 is 15.3 Å². The van der Waals surface area contributed by atoms with Crippen LogP contribution in [0, 0.1) is 5.92 Å². The molecule has 0 heterocycles. The molecule has 0 saturated heterocycles. The summed E-state index contributed by atoms with van der Waals surface area (Å²) in [5, 5.41) is 14.1. The van der Waals surface area contributed by atoms with Crippen LogP contribution in [0.2, 0.25) is 5.02 Å². The number of nitrogens with zero attached hydrogens (tertiary/aromatic N) is 1. The zero-order valence-corrected chi connectivity index (χ0v) is 14.1. The van der Waals surface area contributed by atoms with Crippen molar-refractivity contribution in [3.05, 3.63) is 28.8 Å². The summed E-state index contributed by atoms with van der Waals surface area (Å²) in [5.41, 5.74) is 1.09. The van der Waals surface area contributed by atoms with Crippen LogP contribution in [0.1, 0.15) is 38.2 Å². The number of halogens is 1. The number of phenolic OH excluding ortho intramolecular Hbond substituents is 1. The lowest BCUT2D eigenvalue weighted by Gasteiger charge is -2.45. The first-order chi connectivity index (χ1) is 9.93. The van der Waals surface area contributed by atoms with Gasteiger partial charge in [-0.25, -0.2) is 0 Å². The number of hydrogen-bond acceptors (Lipinski definition) is 3. The van der Waals surface area contributed by atoms with Gasteiger partial charge in [0.2, 0.25) is 0 Å². The third-order valence-electron chi connectivity index (χ3n) is 4.83. The average Bonchev–Trinajstić information content (AvgIpc) is 2.42. The van der Waals surface area contributed by atoms with Gasteiger partial charge in [0.05, 0.1) is 0 Å². The van der Waals surface area contributed by atoms with E-state index < -0.39 is 0 Å². The quantitative estimate of drug-likeness (QED) is 0.871. The lowest BCUT2D eigenvalue weighted by molar-refractivity contribution is 0.0749. The normalized spacial score (nSPS) is 26.2. The Balaban J connectivity index is 1.98. The van der Waals surface area contributed by atoms with E-state index in [4.69, 9.17) is 11.6 Å². The Morgan fingerprint density at radius 3 is 2.86 bits per heavy atom. The standard InChI is InChI=1S/C17H27ClN2O/c1-13-5-4-8-17(10-13,20(2)3)12-19-11-14-9-15(18)6-7-16(14)21/h6-7,9,13,19,21H,4-5,8,10-12H2,1-3H3. The molecule has 0 aliphatic heterocycles. The summed E-state index contributed by atoms with van der Waals surface area (Å²) < 4.78 is 0. The Labute approximate surface area is 133 Å². The van der Waals surface area contributed by atoms with Crippen LogP contribution in [0.4, 0.5) is 0 Å². The van der Waals surface area contributed by atoms with Crippen LogP contribution < -0.4 is 5.32 Å². The molecule has 2 rings (SSSR count). The van der Waals surface area contributed by atoms with Crippen molar-refractivity contribution in [3.8, 4) is 5.75 Å². The average molecular weight is 311 g/mol. The van der Waals surface area contributed by atoms with E-state index in [9.17, 15) is 5.11 Å². The highest BCUT2D eigenvalue weighted by Crippen LogP contribution is 2.35. The molecular formula is C17H27ClN2O. The van der Waals surface area contributed by atoms with Gasteiger partial charge in [-0.05, 0) is 51.1 Å². The summed E-state index contributed by atoms with van der Waals surface area (Å²) in [4.78, 5) is 2.37. The topological polar surface area (TPSA) is 35.5 Å². The first-order valence-corrected chi connectivity index (χ1v) is 8.16. The van der Waals surface area contributed by atoms with Crippen LogP contribution in [0.3, 0.4) is 0 Å². The van der Waals surface area contributed by atoms with Gasteiger partial charge in [0.15, 0.2) is 0 Å².